The maximum atomic E-state index is 3.93. The number of thiophene rings is 4. The molecule has 8 heteroatoms. The van der Waals surface area contributed by atoms with Gasteiger partial charge in [-0.3, -0.25) is 0 Å². The molecule has 6 aromatic rings. The van der Waals surface area contributed by atoms with Crippen molar-refractivity contribution in [3.05, 3.63) is 66.4 Å². The quantitative estimate of drug-likeness (QED) is 0.167. The van der Waals surface area contributed by atoms with Crippen LogP contribution in [0.5, 0.6) is 0 Å². The minimum atomic E-state index is 1.18. The first-order valence-corrected chi connectivity index (χ1v) is 15.2. The van der Waals surface area contributed by atoms with E-state index in [9.17, 15) is 0 Å². The predicted molar refractivity (Wildman–Crippen MR) is 152 cm³/mol. The van der Waals surface area contributed by atoms with Gasteiger partial charge >= 0.3 is 0 Å². The molecule has 0 saturated heterocycles. The van der Waals surface area contributed by atoms with E-state index in [-0.39, 0.29) is 0 Å². The summed E-state index contributed by atoms with van der Waals surface area (Å²) < 4.78 is 9.93. The zero-order valence-corrected chi connectivity index (χ0v) is 24.4. The maximum absolute atomic E-state index is 3.93. The van der Waals surface area contributed by atoms with Crippen LogP contribution < -0.4 is 0 Å². The Morgan fingerprint density at radius 1 is 0.433 bits per heavy atom. The van der Waals surface area contributed by atoms with Gasteiger partial charge in [0.1, 0.15) is 0 Å². The molecule has 0 aliphatic heterocycles. The molecule has 30 heavy (non-hydrogen) atoms. The van der Waals surface area contributed by atoms with E-state index < -0.39 is 0 Å². The first-order chi connectivity index (χ1) is 14.5. The van der Waals surface area contributed by atoms with Crippen LogP contribution in [-0.4, -0.2) is 0 Å². The minimum absolute atomic E-state index is 1.18. The summed E-state index contributed by atoms with van der Waals surface area (Å²) in [6, 6.07) is 17.1. The number of fused-ring (bicyclic) bond motifs is 3. The van der Waals surface area contributed by atoms with Gasteiger partial charge in [0.15, 0.2) is 0 Å². The Balaban J connectivity index is 1.56. The summed E-state index contributed by atoms with van der Waals surface area (Å²) in [6.07, 6.45) is 0. The number of hydrogen-bond acceptors (Lipinski definition) is 4. The van der Waals surface area contributed by atoms with E-state index in [1.54, 1.807) is 0 Å². The van der Waals surface area contributed by atoms with Crippen LogP contribution in [0.2, 0.25) is 0 Å². The van der Waals surface area contributed by atoms with Crippen molar-refractivity contribution in [2.45, 2.75) is 0 Å². The molecule has 4 heterocycles. The molecule has 0 atom stereocenters. The second-order valence-corrected chi connectivity index (χ2v) is 13.9. The van der Waals surface area contributed by atoms with Crippen molar-refractivity contribution < 1.29 is 0 Å². The van der Waals surface area contributed by atoms with Gasteiger partial charge in [-0.1, -0.05) is 36.4 Å². The lowest BCUT2D eigenvalue weighted by Gasteiger charge is -1.98. The fourth-order valence-corrected chi connectivity index (χ4v) is 12.8. The molecular weight excluding hydrogens is 712 g/mol. The highest BCUT2D eigenvalue weighted by Crippen LogP contribution is 2.57. The molecule has 0 amide bonds. The number of hydrogen-bond donors (Lipinski definition) is 0. The lowest BCUT2D eigenvalue weighted by Crippen LogP contribution is -1.69. The third-order valence-corrected chi connectivity index (χ3v) is 14.9. The van der Waals surface area contributed by atoms with Crippen LogP contribution in [0.15, 0.2) is 66.4 Å². The number of rotatable bonds is 2. The molecule has 2 aromatic carbocycles. The van der Waals surface area contributed by atoms with Crippen molar-refractivity contribution in [3.8, 4) is 19.5 Å². The Labute approximate surface area is 222 Å². The second kappa shape index (κ2) is 7.76. The highest BCUT2D eigenvalue weighted by atomic mass is 79.9. The molecule has 0 fully saturated rings. The minimum Gasteiger partial charge on any atom is -0.133 e. The molecule has 6 rings (SSSR count). The predicted octanol–water partition coefficient (Wildman–Crippen LogP) is 11.8. The second-order valence-electron chi connectivity index (χ2n) is 6.63. The van der Waals surface area contributed by atoms with Crippen LogP contribution in [0.4, 0.5) is 0 Å². The van der Waals surface area contributed by atoms with Crippen LogP contribution in [-0.2, 0) is 0 Å². The van der Waals surface area contributed by atoms with Crippen LogP contribution in [0, 0.1) is 0 Å². The summed E-state index contributed by atoms with van der Waals surface area (Å²) in [7, 11) is 0. The molecule has 0 nitrogen and oxygen atoms in total. The lowest BCUT2D eigenvalue weighted by molar-refractivity contribution is 1.82. The maximum Gasteiger partial charge on any atom is 0.0618 e. The van der Waals surface area contributed by atoms with Crippen LogP contribution in [0.25, 0.3) is 49.1 Å². The fraction of sp³-hybridized carbons (Fsp3) is 0. The van der Waals surface area contributed by atoms with Gasteiger partial charge in [-0.05, 0) is 75.9 Å². The van der Waals surface area contributed by atoms with Gasteiger partial charge < -0.3 is 0 Å². The lowest BCUT2D eigenvalue weighted by atomic mass is 10.2. The van der Waals surface area contributed by atoms with Gasteiger partial charge in [0.05, 0.1) is 37.9 Å². The smallest absolute Gasteiger partial charge is 0.0618 e. The Morgan fingerprint density at radius 2 is 0.800 bits per heavy atom. The molecule has 0 bridgehead atoms. The summed E-state index contributed by atoms with van der Waals surface area (Å²) in [4.78, 5) is 5.14. The summed E-state index contributed by atoms with van der Waals surface area (Å²) >= 11 is 22.9. The van der Waals surface area contributed by atoms with Crippen molar-refractivity contribution in [2.75, 3.05) is 0 Å². The van der Waals surface area contributed by atoms with Gasteiger partial charge in [-0.2, -0.15) is 0 Å². The Bertz CT molecular complexity index is 1480. The van der Waals surface area contributed by atoms with E-state index in [0.717, 1.165) is 0 Å². The van der Waals surface area contributed by atoms with Gasteiger partial charge in [0.25, 0.3) is 0 Å². The van der Waals surface area contributed by atoms with Gasteiger partial charge in [0.2, 0.25) is 0 Å². The summed E-state index contributed by atoms with van der Waals surface area (Å²) in [6.45, 7) is 0. The molecule has 0 aliphatic carbocycles. The van der Waals surface area contributed by atoms with Crippen molar-refractivity contribution in [2.24, 2.45) is 0 Å². The molecule has 148 valence electrons. The van der Waals surface area contributed by atoms with E-state index in [1.807, 2.05) is 45.3 Å². The average Bonchev–Trinajstić information content (AvgIpc) is 3.46. The van der Waals surface area contributed by atoms with Crippen LogP contribution >= 0.6 is 109 Å². The van der Waals surface area contributed by atoms with Crippen LogP contribution in [0.1, 0.15) is 0 Å². The monoisotopic (exact) mass is 716 g/mol. The van der Waals surface area contributed by atoms with E-state index in [0.29, 0.717) is 0 Å². The van der Waals surface area contributed by atoms with Crippen molar-refractivity contribution >= 4 is 139 Å². The van der Waals surface area contributed by atoms with Crippen molar-refractivity contribution in [1.82, 2.24) is 0 Å². The van der Waals surface area contributed by atoms with E-state index in [2.05, 4.69) is 112 Å². The molecular formula is C22H8Br4S4. The van der Waals surface area contributed by atoms with Crippen molar-refractivity contribution in [3.63, 3.8) is 0 Å². The standard InChI is InChI=1S/C22H8Br4S4/c23-13-9-5-1-3-7-11(9)27-17(13)19-15(25)21-22(29-19)16(26)20(30-21)18-14(24)10-6-2-4-8-12(10)28-18/h1-8H. The molecule has 4 aromatic heterocycles. The topological polar surface area (TPSA) is 0 Å². The zero-order chi connectivity index (χ0) is 20.6. The average molecular weight is 720 g/mol. The molecule has 0 unspecified atom stereocenters. The van der Waals surface area contributed by atoms with E-state index in [1.165, 1.54) is 67.0 Å². The Kier molecular flexibility index (Phi) is 5.32. The molecule has 0 aliphatic rings. The van der Waals surface area contributed by atoms with Gasteiger partial charge in [-0.15, -0.1) is 45.3 Å². The SMILES string of the molecule is Brc1c(-c2sc3c(Br)c(-c4sc5ccccc5c4Br)sc3c2Br)sc2ccccc12. The normalized spacial score (nSPS) is 12.0. The first kappa shape index (κ1) is 20.5. The largest absolute Gasteiger partial charge is 0.133 e. The summed E-state index contributed by atoms with van der Waals surface area (Å²) in [5, 5.41) is 2.55. The van der Waals surface area contributed by atoms with E-state index in [4.69, 9.17) is 0 Å². The molecule has 0 saturated carbocycles. The summed E-state index contributed by atoms with van der Waals surface area (Å²) in [5.74, 6) is 0. The number of benzene rings is 2. The molecule has 0 N–H and O–H groups in total. The highest BCUT2D eigenvalue weighted by Gasteiger charge is 2.25. The molecule has 0 radical (unpaired) electrons. The number of halogens is 4. The third-order valence-electron chi connectivity index (χ3n) is 4.89. The third kappa shape index (κ3) is 3.02. The van der Waals surface area contributed by atoms with Crippen molar-refractivity contribution in [1.29, 1.82) is 0 Å². The first-order valence-electron chi connectivity index (χ1n) is 8.79. The fourth-order valence-electron chi connectivity index (χ4n) is 3.49. The highest BCUT2D eigenvalue weighted by molar-refractivity contribution is 9.11. The Morgan fingerprint density at radius 3 is 1.20 bits per heavy atom. The molecule has 0 spiro atoms. The van der Waals surface area contributed by atoms with Crippen LogP contribution in [0.3, 0.4) is 0 Å². The van der Waals surface area contributed by atoms with E-state index >= 15 is 0 Å². The van der Waals surface area contributed by atoms with Gasteiger partial charge in [0, 0.05) is 29.1 Å². The summed E-state index contributed by atoms with van der Waals surface area (Å²) in [5.41, 5.74) is 0. The Hall–Kier alpha value is -0.0600. The zero-order valence-electron chi connectivity index (χ0n) is 14.8. The van der Waals surface area contributed by atoms with Gasteiger partial charge in [-0.25, -0.2) is 0 Å².